The van der Waals surface area contributed by atoms with Gasteiger partial charge in [0.25, 0.3) is 0 Å². The molecule has 6 nitrogen and oxygen atoms in total. The molecule has 1 aliphatic rings. The van der Waals surface area contributed by atoms with Crippen LogP contribution < -0.4 is 11.2 Å². The second-order valence-corrected chi connectivity index (χ2v) is 9.19. The summed E-state index contributed by atoms with van der Waals surface area (Å²) in [7, 11) is 0. The van der Waals surface area contributed by atoms with Crippen LogP contribution in [0.5, 0.6) is 0 Å². The summed E-state index contributed by atoms with van der Waals surface area (Å²) in [6.45, 7) is 5.86. The zero-order valence-corrected chi connectivity index (χ0v) is 17.9. The molecule has 1 aromatic heterocycles. The van der Waals surface area contributed by atoms with Gasteiger partial charge >= 0.3 is 0 Å². The molecule has 0 bridgehead atoms. The van der Waals surface area contributed by atoms with Gasteiger partial charge in [0.05, 0.1) is 5.25 Å². The quantitative estimate of drug-likeness (QED) is 0.535. The van der Waals surface area contributed by atoms with Gasteiger partial charge in [-0.2, -0.15) is 0 Å². The van der Waals surface area contributed by atoms with Crippen LogP contribution in [0.15, 0.2) is 23.4 Å². The first-order valence-corrected chi connectivity index (χ1v) is 11.1. The standard InChI is InChI=1S/C21H31N5OS/c1-14-9-10-15(2)18(13-14)23-20(27)16(3)28-21-25-24-19(26(21)22)12-11-17-7-5-4-6-8-17/h9-10,13,16-17H,4-8,11-12,22H2,1-3H3,(H,23,27)/t16-/m1/s1. The number of hydrogen-bond donors (Lipinski definition) is 2. The number of amides is 1. The number of nitrogen functional groups attached to an aromatic ring is 1. The van der Waals surface area contributed by atoms with Crippen molar-refractivity contribution in [3.63, 3.8) is 0 Å². The molecule has 152 valence electrons. The Morgan fingerprint density at radius 2 is 2.04 bits per heavy atom. The van der Waals surface area contributed by atoms with Crippen LogP contribution >= 0.6 is 11.8 Å². The van der Waals surface area contributed by atoms with Crippen LogP contribution in [0.1, 0.15) is 62.4 Å². The highest BCUT2D eigenvalue weighted by Gasteiger charge is 2.21. The van der Waals surface area contributed by atoms with Crippen LogP contribution in [-0.4, -0.2) is 26.0 Å². The Morgan fingerprint density at radius 3 is 2.79 bits per heavy atom. The van der Waals surface area contributed by atoms with Gasteiger partial charge in [0.2, 0.25) is 11.1 Å². The molecule has 2 aromatic rings. The molecular weight excluding hydrogens is 370 g/mol. The number of nitrogens with one attached hydrogen (secondary N) is 1. The fraction of sp³-hybridized carbons (Fsp3) is 0.571. The first-order valence-electron chi connectivity index (χ1n) is 10.2. The number of benzene rings is 1. The summed E-state index contributed by atoms with van der Waals surface area (Å²) in [5.41, 5.74) is 3.01. The van der Waals surface area contributed by atoms with Crippen LogP contribution in [0.3, 0.4) is 0 Å². The SMILES string of the molecule is Cc1ccc(C)c(NC(=O)[C@@H](C)Sc2nnc(CCC3CCCCC3)n2N)c1. The summed E-state index contributed by atoms with van der Waals surface area (Å²) < 4.78 is 1.55. The van der Waals surface area contributed by atoms with Crippen LogP contribution in [-0.2, 0) is 11.2 Å². The number of nitrogens with zero attached hydrogens (tertiary/aromatic N) is 3. The summed E-state index contributed by atoms with van der Waals surface area (Å²) in [6, 6.07) is 6.03. The second-order valence-electron chi connectivity index (χ2n) is 7.88. The summed E-state index contributed by atoms with van der Waals surface area (Å²) in [6.07, 6.45) is 8.64. The van der Waals surface area contributed by atoms with Crippen molar-refractivity contribution in [1.29, 1.82) is 0 Å². The molecule has 0 spiro atoms. The van der Waals surface area contributed by atoms with E-state index in [2.05, 4.69) is 15.5 Å². The maximum Gasteiger partial charge on any atom is 0.237 e. The molecule has 1 heterocycles. The van der Waals surface area contributed by atoms with Crippen molar-refractivity contribution in [3.05, 3.63) is 35.2 Å². The van der Waals surface area contributed by atoms with Gasteiger partial charge < -0.3 is 11.2 Å². The van der Waals surface area contributed by atoms with Gasteiger partial charge in [-0.25, -0.2) is 4.68 Å². The molecular formula is C21H31N5OS. The lowest BCUT2D eigenvalue weighted by Gasteiger charge is -2.20. The summed E-state index contributed by atoms with van der Waals surface area (Å²) in [5, 5.41) is 11.7. The van der Waals surface area contributed by atoms with Crippen molar-refractivity contribution in [2.75, 3.05) is 11.2 Å². The Labute approximate surface area is 171 Å². The number of carbonyl (C=O) groups is 1. The lowest BCUT2D eigenvalue weighted by molar-refractivity contribution is -0.115. The van der Waals surface area contributed by atoms with Crippen LogP contribution in [0.2, 0.25) is 0 Å². The first kappa shape index (κ1) is 20.7. The average Bonchev–Trinajstić information content (AvgIpc) is 3.03. The predicted octanol–water partition coefficient (Wildman–Crippen LogP) is 4.24. The molecule has 7 heteroatoms. The Kier molecular flexibility index (Phi) is 6.99. The van der Waals surface area contributed by atoms with Gasteiger partial charge in [0, 0.05) is 12.1 Å². The van der Waals surface area contributed by atoms with E-state index in [9.17, 15) is 4.79 Å². The third-order valence-electron chi connectivity index (χ3n) is 5.54. The molecule has 28 heavy (non-hydrogen) atoms. The van der Waals surface area contributed by atoms with Gasteiger partial charge in [-0.05, 0) is 50.3 Å². The van der Waals surface area contributed by atoms with Crippen molar-refractivity contribution in [2.24, 2.45) is 5.92 Å². The fourth-order valence-corrected chi connectivity index (χ4v) is 4.47. The number of thioether (sulfide) groups is 1. The van der Waals surface area contributed by atoms with Crippen molar-refractivity contribution in [2.45, 2.75) is 76.1 Å². The van der Waals surface area contributed by atoms with E-state index in [1.54, 1.807) is 4.68 Å². The molecule has 1 amide bonds. The number of anilines is 1. The number of aryl methyl sites for hydroxylation is 3. The molecule has 1 aromatic carbocycles. The van der Waals surface area contributed by atoms with Crippen LogP contribution in [0.25, 0.3) is 0 Å². The lowest BCUT2D eigenvalue weighted by Crippen LogP contribution is -2.24. The van der Waals surface area contributed by atoms with E-state index >= 15 is 0 Å². The zero-order valence-electron chi connectivity index (χ0n) is 17.1. The first-order chi connectivity index (χ1) is 13.4. The summed E-state index contributed by atoms with van der Waals surface area (Å²) in [4.78, 5) is 12.6. The van der Waals surface area contributed by atoms with Crippen molar-refractivity contribution in [1.82, 2.24) is 14.9 Å². The number of nitrogens with two attached hydrogens (primary N) is 1. The number of carbonyl (C=O) groups excluding carboxylic acids is 1. The van der Waals surface area contributed by atoms with Crippen LogP contribution in [0, 0.1) is 19.8 Å². The van der Waals surface area contributed by atoms with Crippen molar-refractivity contribution >= 4 is 23.4 Å². The van der Waals surface area contributed by atoms with Crippen LogP contribution in [0.4, 0.5) is 5.69 Å². The normalized spacial score (nSPS) is 16.1. The van der Waals surface area contributed by atoms with E-state index in [4.69, 9.17) is 5.84 Å². The molecule has 1 aliphatic carbocycles. The molecule has 1 fully saturated rings. The minimum Gasteiger partial charge on any atom is -0.336 e. The van der Waals surface area contributed by atoms with Crippen molar-refractivity contribution in [3.8, 4) is 0 Å². The molecule has 3 N–H and O–H groups in total. The second kappa shape index (κ2) is 9.45. The third kappa shape index (κ3) is 5.28. The number of rotatable bonds is 7. The topological polar surface area (TPSA) is 85.8 Å². The molecule has 3 rings (SSSR count). The van der Waals surface area contributed by atoms with Gasteiger partial charge in [0.15, 0.2) is 5.82 Å². The third-order valence-corrected chi connectivity index (χ3v) is 6.60. The minimum atomic E-state index is -0.322. The maximum absolute atomic E-state index is 12.6. The van der Waals surface area contributed by atoms with E-state index in [0.717, 1.165) is 41.4 Å². The zero-order chi connectivity index (χ0) is 20.1. The lowest BCUT2D eigenvalue weighted by atomic mass is 9.86. The Hall–Kier alpha value is -2.02. The van der Waals surface area contributed by atoms with Gasteiger partial charge in [-0.15, -0.1) is 10.2 Å². The molecule has 0 saturated heterocycles. The Bertz CT molecular complexity index is 813. The highest BCUT2D eigenvalue weighted by Crippen LogP contribution is 2.28. The molecule has 0 radical (unpaired) electrons. The van der Waals surface area contributed by atoms with E-state index in [1.165, 1.54) is 43.9 Å². The van der Waals surface area contributed by atoms with Gasteiger partial charge in [0.1, 0.15) is 0 Å². The Balaban J connectivity index is 1.56. The van der Waals surface area contributed by atoms with Gasteiger partial charge in [-0.1, -0.05) is 56.0 Å². The Morgan fingerprint density at radius 1 is 1.29 bits per heavy atom. The minimum absolute atomic E-state index is 0.0644. The number of hydrogen-bond acceptors (Lipinski definition) is 5. The molecule has 0 aliphatic heterocycles. The van der Waals surface area contributed by atoms with E-state index < -0.39 is 0 Å². The fourth-order valence-electron chi connectivity index (χ4n) is 3.68. The monoisotopic (exact) mass is 401 g/mol. The van der Waals surface area contributed by atoms with E-state index in [1.807, 2.05) is 39.0 Å². The highest BCUT2D eigenvalue weighted by molar-refractivity contribution is 8.00. The number of aromatic nitrogens is 3. The van der Waals surface area contributed by atoms with Crippen molar-refractivity contribution < 1.29 is 4.79 Å². The smallest absolute Gasteiger partial charge is 0.237 e. The average molecular weight is 402 g/mol. The molecule has 1 saturated carbocycles. The van der Waals surface area contributed by atoms with Gasteiger partial charge in [-0.3, -0.25) is 4.79 Å². The highest BCUT2D eigenvalue weighted by atomic mass is 32.2. The molecule has 0 unspecified atom stereocenters. The summed E-state index contributed by atoms with van der Waals surface area (Å²) >= 11 is 1.34. The maximum atomic E-state index is 12.6. The van der Waals surface area contributed by atoms with E-state index in [-0.39, 0.29) is 11.2 Å². The summed E-state index contributed by atoms with van der Waals surface area (Å²) in [5.74, 6) is 7.72. The predicted molar refractivity (Wildman–Crippen MR) is 115 cm³/mol. The molecule has 1 atom stereocenters. The van der Waals surface area contributed by atoms with E-state index in [0.29, 0.717) is 5.16 Å². The largest absolute Gasteiger partial charge is 0.336 e.